The first-order chi connectivity index (χ1) is 32.8. The fourth-order valence-electron chi connectivity index (χ4n) is 10.9. The first-order valence-corrected chi connectivity index (χ1v) is 22.9. The van der Waals surface area contributed by atoms with Crippen LogP contribution >= 0.6 is 0 Å². The second-order valence-electron chi connectivity index (χ2n) is 17.5. The normalized spacial score (nSPS) is 11.6. The van der Waals surface area contributed by atoms with Gasteiger partial charge in [-0.25, -0.2) is 0 Å². The van der Waals surface area contributed by atoms with E-state index in [0.29, 0.717) is 0 Å². The molecule has 0 atom stereocenters. The van der Waals surface area contributed by atoms with Crippen molar-refractivity contribution in [2.75, 3.05) is 0 Å². The quantitative estimate of drug-likeness (QED) is 0.146. The maximum atomic E-state index is 2.49. The Morgan fingerprint density at radius 1 is 0.136 bits per heavy atom. The first-order valence-electron chi connectivity index (χ1n) is 22.9. The molecule has 66 heavy (non-hydrogen) atoms. The summed E-state index contributed by atoms with van der Waals surface area (Å²) in [4.78, 5) is 0. The lowest BCUT2D eigenvalue weighted by molar-refractivity contribution is 1.60. The number of rotatable bonds is 6. The molecule has 0 saturated carbocycles. The van der Waals surface area contributed by atoms with Gasteiger partial charge in [0.05, 0.1) is 0 Å². The molecule has 0 nitrogen and oxygen atoms in total. The summed E-state index contributed by atoms with van der Waals surface area (Å²) in [6.45, 7) is 0. The predicted molar refractivity (Wildman–Crippen MR) is 284 cm³/mol. The molecular weight excluding hydrogens is 793 g/mol. The molecule has 0 unspecified atom stereocenters. The standard InChI is InChI=1S/C66H42/c1-3-17-43(18-4-1)45-31-35-47(36-32-45)62-54-25-11-12-26-55(54)63(48-37-33-46(34-38-48)44-19-5-2-6-20-44)61-42-51(39-40-60(61)62)64-56-27-13-15-29-58(56)66(59-30-16-14-28-57(59)64)65-52-23-9-7-21-49(52)41-50-22-8-10-24-53(50)65/h1-42H. The summed E-state index contributed by atoms with van der Waals surface area (Å²) in [7, 11) is 0. The van der Waals surface area contributed by atoms with Crippen molar-refractivity contribution >= 4 is 64.6 Å². The van der Waals surface area contributed by atoms with Gasteiger partial charge in [-0.2, -0.15) is 0 Å². The van der Waals surface area contributed by atoms with Crippen LogP contribution in [-0.2, 0) is 0 Å². The fourth-order valence-corrected chi connectivity index (χ4v) is 10.9. The van der Waals surface area contributed by atoms with Crippen molar-refractivity contribution in [3.63, 3.8) is 0 Å². The van der Waals surface area contributed by atoms with Gasteiger partial charge in [0.1, 0.15) is 0 Å². The van der Waals surface area contributed by atoms with Crippen molar-refractivity contribution in [2.45, 2.75) is 0 Å². The van der Waals surface area contributed by atoms with Gasteiger partial charge in [0, 0.05) is 0 Å². The fraction of sp³-hybridized carbons (Fsp3) is 0. The molecule has 13 rings (SSSR count). The maximum Gasteiger partial charge on any atom is -0.00139 e. The molecule has 0 N–H and O–H groups in total. The van der Waals surface area contributed by atoms with Crippen LogP contribution in [0.25, 0.3) is 131 Å². The summed E-state index contributed by atoms with van der Waals surface area (Å²) in [5, 5.41) is 15.0. The number of benzene rings is 13. The van der Waals surface area contributed by atoms with E-state index in [4.69, 9.17) is 0 Å². The van der Waals surface area contributed by atoms with E-state index in [-0.39, 0.29) is 0 Å². The zero-order valence-corrected chi connectivity index (χ0v) is 36.2. The van der Waals surface area contributed by atoms with Crippen molar-refractivity contribution in [3.8, 4) is 66.8 Å². The first kappa shape index (κ1) is 37.9. The van der Waals surface area contributed by atoms with Crippen LogP contribution in [0.4, 0.5) is 0 Å². The molecule has 0 saturated heterocycles. The number of hydrogen-bond donors (Lipinski definition) is 0. The van der Waals surface area contributed by atoms with Gasteiger partial charge in [0.15, 0.2) is 0 Å². The van der Waals surface area contributed by atoms with E-state index < -0.39 is 0 Å². The summed E-state index contributed by atoms with van der Waals surface area (Å²) in [5.41, 5.74) is 14.8. The monoisotopic (exact) mass is 834 g/mol. The van der Waals surface area contributed by atoms with Crippen LogP contribution in [-0.4, -0.2) is 0 Å². The molecule has 13 aromatic rings. The van der Waals surface area contributed by atoms with Crippen molar-refractivity contribution in [3.05, 3.63) is 255 Å². The Labute approximate surface area is 384 Å². The van der Waals surface area contributed by atoms with E-state index in [1.165, 1.54) is 131 Å². The van der Waals surface area contributed by atoms with E-state index in [1.807, 2.05) is 0 Å². The van der Waals surface area contributed by atoms with Crippen LogP contribution in [0.15, 0.2) is 255 Å². The molecule has 0 bridgehead atoms. The average Bonchev–Trinajstić information content (AvgIpc) is 3.39. The van der Waals surface area contributed by atoms with Crippen LogP contribution in [0.2, 0.25) is 0 Å². The summed E-state index contributed by atoms with van der Waals surface area (Å²) < 4.78 is 0. The Hall–Kier alpha value is -8.58. The molecule has 0 spiro atoms. The molecule has 306 valence electrons. The van der Waals surface area contributed by atoms with Crippen LogP contribution in [0, 0.1) is 0 Å². The van der Waals surface area contributed by atoms with Gasteiger partial charge in [0.2, 0.25) is 0 Å². The van der Waals surface area contributed by atoms with E-state index in [1.54, 1.807) is 0 Å². The molecule has 0 heterocycles. The average molecular weight is 835 g/mol. The number of fused-ring (bicyclic) bond motifs is 6. The third-order valence-corrected chi connectivity index (χ3v) is 13.8. The minimum Gasteiger partial charge on any atom is -0.0622 e. The molecule has 0 aromatic heterocycles. The Morgan fingerprint density at radius 3 is 0.848 bits per heavy atom. The van der Waals surface area contributed by atoms with Crippen molar-refractivity contribution in [1.82, 2.24) is 0 Å². The lowest BCUT2D eigenvalue weighted by Gasteiger charge is -2.22. The summed E-state index contributed by atoms with van der Waals surface area (Å²) in [6, 6.07) is 94.2. The lowest BCUT2D eigenvalue weighted by atomic mass is 9.81. The van der Waals surface area contributed by atoms with Crippen LogP contribution in [0.3, 0.4) is 0 Å². The SMILES string of the molecule is c1ccc(-c2ccc(-c3c4ccccc4c(-c4ccc(-c5ccccc5)cc4)c4cc(-c5c6ccccc6c(-c6c7ccccc7cc7ccccc67)c6ccccc56)ccc34)cc2)cc1. The maximum absolute atomic E-state index is 2.49. The van der Waals surface area contributed by atoms with Crippen LogP contribution < -0.4 is 0 Å². The van der Waals surface area contributed by atoms with Crippen molar-refractivity contribution in [1.29, 1.82) is 0 Å². The minimum absolute atomic E-state index is 1.20. The second kappa shape index (κ2) is 15.6. The van der Waals surface area contributed by atoms with Crippen molar-refractivity contribution < 1.29 is 0 Å². The Morgan fingerprint density at radius 2 is 0.409 bits per heavy atom. The smallest absolute Gasteiger partial charge is 0.00139 e. The molecule has 0 heteroatoms. The molecule has 0 amide bonds. The van der Waals surface area contributed by atoms with Gasteiger partial charge in [-0.05, 0) is 144 Å². The van der Waals surface area contributed by atoms with E-state index >= 15 is 0 Å². The third kappa shape index (κ3) is 6.15. The summed E-state index contributed by atoms with van der Waals surface area (Å²) in [6.07, 6.45) is 0. The highest BCUT2D eigenvalue weighted by Crippen LogP contribution is 2.50. The van der Waals surface area contributed by atoms with Gasteiger partial charge in [-0.1, -0.05) is 243 Å². The Balaban J connectivity index is 1.11. The summed E-state index contributed by atoms with van der Waals surface area (Å²) >= 11 is 0. The highest BCUT2D eigenvalue weighted by molar-refractivity contribution is 6.28. The van der Waals surface area contributed by atoms with Crippen molar-refractivity contribution in [2.24, 2.45) is 0 Å². The van der Waals surface area contributed by atoms with Gasteiger partial charge in [0.25, 0.3) is 0 Å². The number of hydrogen-bond acceptors (Lipinski definition) is 0. The Bertz CT molecular complexity index is 3880. The van der Waals surface area contributed by atoms with Gasteiger partial charge in [-0.15, -0.1) is 0 Å². The molecular formula is C66H42. The molecule has 0 radical (unpaired) electrons. The zero-order valence-electron chi connectivity index (χ0n) is 36.2. The summed E-state index contributed by atoms with van der Waals surface area (Å²) in [5.74, 6) is 0. The van der Waals surface area contributed by atoms with Crippen LogP contribution in [0.5, 0.6) is 0 Å². The van der Waals surface area contributed by atoms with Gasteiger partial charge in [-0.3, -0.25) is 0 Å². The molecule has 0 aliphatic carbocycles. The zero-order chi connectivity index (χ0) is 43.6. The molecule has 0 fully saturated rings. The highest BCUT2D eigenvalue weighted by atomic mass is 14.3. The van der Waals surface area contributed by atoms with E-state index in [0.717, 1.165) is 0 Å². The minimum atomic E-state index is 1.20. The van der Waals surface area contributed by atoms with Gasteiger partial charge < -0.3 is 0 Å². The Kier molecular flexibility index (Phi) is 8.96. The molecule has 13 aromatic carbocycles. The van der Waals surface area contributed by atoms with E-state index in [2.05, 4.69) is 255 Å². The van der Waals surface area contributed by atoms with E-state index in [9.17, 15) is 0 Å². The largest absolute Gasteiger partial charge is 0.0622 e. The van der Waals surface area contributed by atoms with Crippen LogP contribution in [0.1, 0.15) is 0 Å². The van der Waals surface area contributed by atoms with Gasteiger partial charge >= 0.3 is 0 Å². The third-order valence-electron chi connectivity index (χ3n) is 13.8. The predicted octanol–water partition coefficient (Wildman–Crippen LogP) is 18.6. The second-order valence-corrected chi connectivity index (χ2v) is 17.5. The molecule has 0 aliphatic heterocycles. The molecule has 0 aliphatic rings. The lowest BCUT2D eigenvalue weighted by Crippen LogP contribution is -1.94. The highest BCUT2D eigenvalue weighted by Gasteiger charge is 2.22. The topological polar surface area (TPSA) is 0 Å².